The van der Waals surface area contributed by atoms with Crippen molar-refractivity contribution >= 4 is 0 Å². The van der Waals surface area contributed by atoms with E-state index in [4.69, 9.17) is 0 Å². The Balaban J connectivity index is 2.41. The molecule has 2 unspecified atom stereocenters. The van der Waals surface area contributed by atoms with Crippen LogP contribution in [0.1, 0.15) is 167 Å². The SMILES string of the molecule is CCCCCCCCCCCCC(CCCCCCC)c1[nH]cc[n+]1C(C)CCC. The van der Waals surface area contributed by atoms with Gasteiger partial charge in [0.1, 0.15) is 12.4 Å². The van der Waals surface area contributed by atoms with Crippen molar-refractivity contribution in [1.29, 1.82) is 0 Å². The number of nitrogens with zero attached hydrogens (tertiary/aromatic N) is 1. The Bertz CT molecular complexity index is 479. The monoisotopic (exact) mass is 419 g/mol. The molecule has 0 radical (unpaired) electrons. The average Bonchev–Trinajstić information content (AvgIpc) is 3.23. The molecule has 0 aliphatic rings. The fourth-order valence-corrected chi connectivity index (χ4v) is 4.92. The molecule has 0 aromatic carbocycles. The molecular weight excluding hydrogens is 364 g/mol. The van der Waals surface area contributed by atoms with Crippen molar-refractivity contribution in [2.24, 2.45) is 0 Å². The first kappa shape index (κ1) is 27.2. The van der Waals surface area contributed by atoms with E-state index in [1.165, 1.54) is 128 Å². The molecular formula is C28H55N2+. The lowest BCUT2D eigenvalue weighted by Gasteiger charge is -2.17. The summed E-state index contributed by atoms with van der Waals surface area (Å²) in [5, 5.41) is 0. The van der Waals surface area contributed by atoms with E-state index in [1.54, 1.807) is 0 Å². The highest BCUT2D eigenvalue weighted by Crippen LogP contribution is 2.27. The molecule has 0 fully saturated rings. The maximum Gasteiger partial charge on any atom is 0.257 e. The molecule has 2 nitrogen and oxygen atoms in total. The van der Waals surface area contributed by atoms with Crippen molar-refractivity contribution in [2.75, 3.05) is 0 Å². The lowest BCUT2D eigenvalue weighted by Crippen LogP contribution is -2.41. The summed E-state index contributed by atoms with van der Waals surface area (Å²) in [4.78, 5) is 3.65. The van der Waals surface area contributed by atoms with Gasteiger partial charge in [-0.05, 0) is 26.2 Å². The highest BCUT2D eigenvalue weighted by atomic mass is 15.1. The second-order valence-corrected chi connectivity index (χ2v) is 9.76. The average molecular weight is 420 g/mol. The van der Waals surface area contributed by atoms with Crippen LogP contribution in [0, 0.1) is 0 Å². The fraction of sp³-hybridized carbons (Fsp3) is 0.893. The van der Waals surface area contributed by atoms with Crippen LogP contribution in [0.5, 0.6) is 0 Å². The molecule has 2 heteroatoms. The van der Waals surface area contributed by atoms with Crippen LogP contribution in [0.15, 0.2) is 12.4 Å². The van der Waals surface area contributed by atoms with Crippen molar-refractivity contribution in [3.8, 4) is 0 Å². The Morgan fingerprint density at radius 1 is 0.633 bits per heavy atom. The smallest absolute Gasteiger partial charge is 0.247 e. The molecule has 0 amide bonds. The van der Waals surface area contributed by atoms with Crippen molar-refractivity contribution in [1.82, 2.24) is 4.98 Å². The van der Waals surface area contributed by atoms with Gasteiger partial charge in [-0.25, -0.2) is 9.55 Å². The van der Waals surface area contributed by atoms with Crippen LogP contribution in [-0.2, 0) is 0 Å². The van der Waals surface area contributed by atoms with Gasteiger partial charge in [-0.2, -0.15) is 0 Å². The van der Waals surface area contributed by atoms with Crippen LogP contribution in [0.2, 0.25) is 0 Å². The molecule has 30 heavy (non-hydrogen) atoms. The number of imidazole rings is 1. The molecule has 1 aromatic heterocycles. The van der Waals surface area contributed by atoms with Crippen LogP contribution in [0.3, 0.4) is 0 Å². The van der Waals surface area contributed by atoms with Gasteiger partial charge >= 0.3 is 0 Å². The third-order valence-corrected chi connectivity index (χ3v) is 6.87. The van der Waals surface area contributed by atoms with Gasteiger partial charge in [0.25, 0.3) is 5.82 Å². The maximum atomic E-state index is 3.65. The van der Waals surface area contributed by atoms with Crippen LogP contribution in [-0.4, -0.2) is 4.98 Å². The molecule has 2 atom stereocenters. The Morgan fingerprint density at radius 2 is 1.10 bits per heavy atom. The third kappa shape index (κ3) is 12.2. The van der Waals surface area contributed by atoms with E-state index >= 15 is 0 Å². The Morgan fingerprint density at radius 3 is 1.57 bits per heavy atom. The van der Waals surface area contributed by atoms with Crippen molar-refractivity contribution in [2.45, 2.75) is 162 Å². The molecule has 1 heterocycles. The molecule has 1 aromatic rings. The highest BCUT2D eigenvalue weighted by Gasteiger charge is 2.25. The fourth-order valence-electron chi connectivity index (χ4n) is 4.92. The number of aromatic amines is 1. The summed E-state index contributed by atoms with van der Waals surface area (Å²) in [6, 6.07) is 0.617. The number of unbranched alkanes of at least 4 members (excludes halogenated alkanes) is 13. The van der Waals surface area contributed by atoms with Gasteiger partial charge in [0.05, 0.1) is 12.0 Å². The van der Waals surface area contributed by atoms with Gasteiger partial charge in [-0.15, -0.1) is 0 Å². The van der Waals surface area contributed by atoms with E-state index in [0.29, 0.717) is 6.04 Å². The van der Waals surface area contributed by atoms with E-state index in [-0.39, 0.29) is 0 Å². The largest absolute Gasteiger partial charge is 0.257 e. The first-order valence-corrected chi connectivity index (χ1v) is 13.8. The van der Waals surface area contributed by atoms with E-state index in [0.717, 1.165) is 5.92 Å². The van der Waals surface area contributed by atoms with Crippen LogP contribution < -0.4 is 4.57 Å². The lowest BCUT2D eigenvalue weighted by molar-refractivity contribution is -0.727. The number of aromatic nitrogens is 2. The standard InChI is InChI=1S/C28H54N2/c1-5-8-10-12-13-14-15-16-18-20-23-27(22-19-17-11-9-6-2)28-29-24-25-30(28)26(4)21-7-3/h24-27H,5-23H2,1-4H3/p+1. The number of rotatable bonds is 21. The van der Waals surface area contributed by atoms with Crippen molar-refractivity contribution < 1.29 is 4.57 Å². The summed E-state index contributed by atoms with van der Waals surface area (Å²) in [7, 11) is 0. The minimum absolute atomic E-state index is 0.617. The zero-order valence-corrected chi connectivity index (χ0v) is 21.2. The predicted molar refractivity (Wildman–Crippen MR) is 133 cm³/mol. The van der Waals surface area contributed by atoms with Gasteiger partial charge in [0, 0.05) is 0 Å². The van der Waals surface area contributed by atoms with Gasteiger partial charge in [0.15, 0.2) is 0 Å². The number of hydrogen-bond acceptors (Lipinski definition) is 0. The van der Waals surface area contributed by atoms with Crippen LogP contribution in [0.4, 0.5) is 0 Å². The third-order valence-electron chi connectivity index (χ3n) is 6.87. The summed E-state index contributed by atoms with van der Waals surface area (Å²) in [5.41, 5.74) is 0. The molecule has 0 aliphatic heterocycles. The van der Waals surface area contributed by atoms with Crippen molar-refractivity contribution in [3.05, 3.63) is 18.2 Å². The molecule has 0 saturated carbocycles. The maximum absolute atomic E-state index is 3.65. The molecule has 0 bridgehead atoms. The number of H-pyrrole nitrogens is 1. The Labute approximate surface area is 189 Å². The van der Waals surface area contributed by atoms with Gasteiger partial charge in [0.2, 0.25) is 0 Å². The van der Waals surface area contributed by atoms with Crippen LogP contribution >= 0.6 is 0 Å². The quantitative estimate of drug-likeness (QED) is 0.151. The Hall–Kier alpha value is -0.790. The van der Waals surface area contributed by atoms with Gasteiger partial charge < -0.3 is 0 Å². The number of nitrogens with one attached hydrogen (secondary N) is 1. The summed E-state index contributed by atoms with van der Waals surface area (Å²) in [5.74, 6) is 2.22. The van der Waals surface area contributed by atoms with Crippen LogP contribution in [0.25, 0.3) is 0 Å². The molecule has 176 valence electrons. The van der Waals surface area contributed by atoms with Gasteiger partial charge in [-0.1, -0.05) is 124 Å². The minimum atomic E-state index is 0.617. The molecule has 0 saturated heterocycles. The molecule has 1 rings (SSSR count). The second-order valence-electron chi connectivity index (χ2n) is 9.76. The first-order chi connectivity index (χ1) is 14.7. The summed E-state index contributed by atoms with van der Waals surface area (Å²) < 4.78 is 2.55. The van der Waals surface area contributed by atoms with Crippen molar-refractivity contribution in [3.63, 3.8) is 0 Å². The zero-order valence-electron chi connectivity index (χ0n) is 21.2. The topological polar surface area (TPSA) is 19.7 Å². The Kier molecular flexibility index (Phi) is 17.2. The predicted octanol–water partition coefficient (Wildman–Crippen LogP) is 9.42. The summed E-state index contributed by atoms with van der Waals surface area (Å²) in [6.07, 6.45) is 31.0. The van der Waals surface area contributed by atoms with E-state index < -0.39 is 0 Å². The second kappa shape index (κ2) is 18.9. The lowest BCUT2D eigenvalue weighted by atomic mass is 9.93. The first-order valence-electron chi connectivity index (χ1n) is 13.8. The van der Waals surface area contributed by atoms with E-state index in [1.807, 2.05) is 0 Å². The molecule has 0 spiro atoms. The highest BCUT2D eigenvalue weighted by molar-refractivity contribution is 4.90. The minimum Gasteiger partial charge on any atom is -0.247 e. The van der Waals surface area contributed by atoms with E-state index in [9.17, 15) is 0 Å². The molecule has 0 aliphatic carbocycles. The molecule has 1 N–H and O–H groups in total. The summed E-state index contributed by atoms with van der Waals surface area (Å²) >= 11 is 0. The van der Waals surface area contributed by atoms with Gasteiger partial charge in [-0.3, -0.25) is 0 Å². The number of hydrogen-bond donors (Lipinski definition) is 1. The summed E-state index contributed by atoms with van der Waals surface area (Å²) in [6.45, 7) is 9.31. The zero-order chi connectivity index (χ0) is 21.9. The normalized spacial score (nSPS) is 13.6. The van der Waals surface area contributed by atoms with E-state index in [2.05, 4.69) is 49.6 Å².